The lowest BCUT2D eigenvalue weighted by Crippen LogP contribution is -1.94. The van der Waals surface area contributed by atoms with Crippen LogP contribution in [0.4, 0.5) is 0 Å². The van der Waals surface area contributed by atoms with Crippen molar-refractivity contribution < 1.29 is 0 Å². The Morgan fingerprint density at radius 3 is 2.47 bits per heavy atom. The van der Waals surface area contributed by atoms with Crippen LogP contribution in [0.2, 0.25) is 10.3 Å². The Hall–Kier alpha value is -0.600. The Labute approximate surface area is 113 Å². The normalized spacial score (nSPS) is 11.9. The Morgan fingerprint density at radius 1 is 1.24 bits per heavy atom. The largest absolute Gasteiger partial charge is 0.290 e. The SMILES string of the molecule is CCCCCC(C)=NCc1cc(Cl)nc(Cl)c1. The molecule has 0 radical (unpaired) electrons. The van der Waals surface area contributed by atoms with Crippen molar-refractivity contribution >= 4 is 28.9 Å². The molecule has 0 bridgehead atoms. The summed E-state index contributed by atoms with van der Waals surface area (Å²) in [6, 6.07) is 3.60. The standard InChI is InChI=1S/C13H18Cl2N2/c1-3-4-5-6-10(2)16-9-11-7-12(14)17-13(15)8-11/h7-8H,3-6,9H2,1-2H3. The fraction of sp³-hybridized carbons (Fsp3) is 0.538. The number of pyridine rings is 1. The molecule has 0 spiro atoms. The van der Waals surface area contributed by atoms with Crippen LogP contribution in [0, 0.1) is 0 Å². The fourth-order valence-corrected chi connectivity index (χ4v) is 2.05. The number of hydrogen-bond acceptors (Lipinski definition) is 2. The van der Waals surface area contributed by atoms with Crippen LogP contribution in [-0.4, -0.2) is 10.7 Å². The van der Waals surface area contributed by atoms with Gasteiger partial charge in [-0.3, -0.25) is 4.99 Å². The third kappa shape index (κ3) is 6.04. The van der Waals surface area contributed by atoms with E-state index >= 15 is 0 Å². The van der Waals surface area contributed by atoms with E-state index in [1.165, 1.54) is 25.0 Å². The summed E-state index contributed by atoms with van der Waals surface area (Å²) < 4.78 is 0. The van der Waals surface area contributed by atoms with E-state index in [0.29, 0.717) is 16.9 Å². The lowest BCUT2D eigenvalue weighted by Gasteiger charge is -2.02. The summed E-state index contributed by atoms with van der Waals surface area (Å²) in [7, 11) is 0. The smallest absolute Gasteiger partial charge is 0.131 e. The lowest BCUT2D eigenvalue weighted by molar-refractivity contribution is 0.739. The first-order valence-electron chi connectivity index (χ1n) is 5.93. The highest BCUT2D eigenvalue weighted by Gasteiger charge is 1.99. The molecule has 1 rings (SSSR count). The van der Waals surface area contributed by atoms with Crippen molar-refractivity contribution in [2.45, 2.75) is 46.1 Å². The molecule has 0 aliphatic rings. The van der Waals surface area contributed by atoms with Gasteiger partial charge in [0.05, 0.1) is 6.54 Å². The molecular formula is C13H18Cl2N2. The quantitative estimate of drug-likeness (QED) is 0.410. The zero-order chi connectivity index (χ0) is 12.7. The first kappa shape index (κ1) is 14.5. The third-order valence-electron chi connectivity index (χ3n) is 2.50. The predicted octanol–water partition coefficient (Wildman–Crippen LogP) is 4.93. The van der Waals surface area contributed by atoms with Gasteiger partial charge in [-0.2, -0.15) is 0 Å². The van der Waals surface area contributed by atoms with Crippen LogP contribution in [-0.2, 0) is 6.54 Å². The highest BCUT2D eigenvalue weighted by molar-refractivity contribution is 6.32. The van der Waals surface area contributed by atoms with Crippen LogP contribution in [0.15, 0.2) is 17.1 Å². The second-order valence-electron chi connectivity index (χ2n) is 4.13. The zero-order valence-electron chi connectivity index (χ0n) is 10.3. The maximum absolute atomic E-state index is 5.82. The Kier molecular flexibility index (Phi) is 6.53. The van der Waals surface area contributed by atoms with Gasteiger partial charge < -0.3 is 0 Å². The van der Waals surface area contributed by atoms with Crippen LogP contribution < -0.4 is 0 Å². The van der Waals surface area contributed by atoms with Crippen molar-refractivity contribution in [3.8, 4) is 0 Å². The summed E-state index contributed by atoms with van der Waals surface area (Å²) in [5.41, 5.74) is 2.19. The molecule has 17 heavy (non-hydrogen) atoms. The number of aromatic nitrogens is 1. The third-order valence-corrected chi connectivity index (χ3v) is 2.88. The molecule has 1 heterocycles. The van der Waals surface area contributed by atoms with Gasteiger partial charge >= 0.3 is 0 Å². The molecule has 0 atom stereocenters. The molecule has 0 saturated carbocycles. The van der Waals surface area contributed by atoms with Crippen molar-refractivity contribution in [3.05, 3.63) is 28.0 Å². The van der Waals surface area contributed by atoms with Gasteiger partial charge in [-0.05, 0) is 37.5 Å². The minimum atomic E-state index is 0.423. The summed E-state index contributed by atoms with van der Waals surface area (Å²) in [6.45, 7) is 4.90. The molecule has 0 amide bonds. The highest BCUT2D eigenvalue weighted by atomic mass is 35.5. The number of hydrogen-bond donors (Lipinski definition) is 0. The van der Waals surface area contributed by atoms with Crippen molar-refractivity contribution in [1.29, 1.82) is 0 Å². The first-order chi connectivity index (χ1) is 8.11. The average molecular weight is 273 g/mol. The fourth-order valence-electron chi connectivity index (χ4n) is 1.54. The molecular weight excluding hydrogens is 255 g/mol. The summed E-state index contributed by atoms with van der Waals surface area (Å²) in [5, 5.41) is 0.845. The maximum Gasteiger partial charge on any atom is 0.131 e. The highest BCUT2D eigenvalue weighted by Crippen LogP contribution is 2.15. The molecule has 1 aromatic heterocycles. The van der Waals surface area contributed by atoms with Crippen molar-refractivity contribution in [3.63, 3.8) is 0 Å². The van der Waals surface area contributed by atoms with Crippen LogP contribution in [0.5, 0.6) is 0 Å². The van der Waals surface area contributed by atoms with Gasteiger partial charge in [-0.25, -0.2) is 4.98 Å². The van der Waals surface area contributed by atoms with Gasteiger partial charge in [0.15, 0.2) is 0 Å². The van der Waals surface area contributed by atoms with Crippen molar-refractivity contribution in [2.24, 2.45) is 4.99 Å². The molecule has 0 aliphatic carbocycles. The summed E-state index contributed by atoms with van der Waals surface area (Å²) >= 11 is 11.6. The van der Waals surface area contributed by atoms with E-state index in [0.717, 1.165) is 12.0 Å². The second-order valence-corrected chi connectivity index (χ2v) is 4.90. The number of halogens is 2. The Morgan fingerprint density at radius 2 is 1.88 bits per heavy atom. The molecule has 0 saturated heterocycles. The topological polar surface area (TPSA) is 25.2 Å². The monoisotopic (exact) mass is 272 g/mol. The molecule has 0 fully saturated rings. The second kappa shape index (κ2) is 7.67. The molecule has 0 aliphatic heterocycles. The zero-order valence-corrected chi connectivity index (χ0v) is 11.9. The van der Waals surface area contributed by atoms with E-state index in [1.54, 1.807) is 12.1 Å². The van der Waals surface area contributed by atoms with E-state index in [2.05, 4.69) is 23.8 Å². The van der Waals surface area contributed by atoms with E-state index in [1.807, 2.05) is 0 Å². The van der Waals surface area contributed by atoms with Gasteiger partial charge in [0, 0.05) is 5.71 Å². The van der Waals surface area contributed by atoms with Gasteiger partial charge in [-0.1, -0.05) is 43.0 Å². The number of rotatable bonds is 6. The summed E-state index contributed by atoms with van der Waals surface area (Å²) in [4.78, 5) is 8.42. The first-order valence-corrected chi connectivity index (χ1v) is 6.69. The van der Waals surface area contributed by atoms with Crippen LogP contribution in [0.25, 0.3) is 0 Å². The molecule has 4 heteroatoms. The van der Waals surface area contributed by atoms with Gasteiger partial charge in [0.1, 0.15) is 10.3 Å². The van der Waals surface area contributed by atoms with Gasteiger partial charge in [0.25, 0.3) is 0 Å². The average Bonchev–Trinajstić information content (AvgIpc) is 2.25. The summed E-state index contributed by atoms with van der Waals surface area (Å²) in [5.74, 6) is 0. The molecule has 0 unspecified atom stereocenters. The van der Waals surface area contributed by atoms with Crippen molar-refractivity contribution in [1.82, 2.24) is 4.98 Å². The van der Waals surface area contributed by atoms with Gasteiger partial charge in [0.2, 0.25) is 0 Å². The molecule has 1 aromatic rings. The summed E-state index contributed by atoms with van der Waals surface area (Å²) in [6.07, 6.45) is 4.78. The number of unbranched alkanes of at least 4 members (excludes halogenated alkanes) is 2. The van der Waals surface area contributed by atoms with Crippen LogP contribution >= 0.6 is 23.2 Å². The van der Waals surface area contributed by atoms with Crippen molar-refractivity contribution in [2.75, 3.05) is 0 Å². The van der Waals surface area contributed by atoms with E-state index in [-0.39, 0.29) is 0 Å². The van der Waals surface area contributed by atoms with E-state index in [9.17, 15) is 0 Å². The van der Waals surface area contributed by atoms with Crippen LogP contribution in [0.3, 0.4) is 0 Å². The number of nitrogens with zero attached hydrogens (tertiary/aromatic N) is 2. The van der Waals surface area contributed by atoms with E-state index in [4.69, 9.17) is 23.2 Å². The number of aliphatic imine (C=N–C) groups is 1. The minimum absolute atomic E-state index is 0.423. The molecule has 94 valence electrons. The molecule has 2 nitrogen and oxygen atoms in total. The van der Waals surface area contributed by atoms with Gasteiger partial charge in [-0.15, -0.1) is 0 Å². The predicted molar refractivity (Wildman–Crippen MR) is 75.2 cm³/mol. The molecule has 0 N–H and O–H groups in total. The van der Waals surface area contributed by atoms with Crippen LogP contribution in [0.1, 0.15) is 45.1 Å². The Balaban J connectivity index is 2.50. The minimum Gasteiger partial charge on any atom is -0.290 e. The maximum atomic E-state index is 5.82. The Bertz CT molecular complexity index is 369. The van der Waals surface area contributed by atoms with E-state index < -0.39 is 0 Å². The lowest BCUT2D eigenvalue weighted by atomic mass is 10.1. The molecule has 0 aromatic carbocycles.